The van der Waals surface area contributed by atoms with Crippen molar-refractivity contribution in [2.24, 2.45) is 11.5 Å². The first kappa shape index (κ1) is 26.8. The Morgan fingerprint density at radius 1 is 1.00 bits per heavy atom. The standard InChI is InChI=1S/C18H29N5O9/c19-9(8-24)17(30)23-7-1-2-12(23)16(29)21-10(3-5-13(20)25)15(28)22-11(18(31)32)4-6-14(26)27/h9-12,24H,1-8,19H2,(H2,20,25)(H,21,29)(H,22,28)(H,26,27)(H,31,32). The van der Waals surface area contributed by atoms with Crippen LogP contribution in [-0.2, 0) is 28.8 Å². The molecule has 1 fully saturated rings. The highest BCUT2D eigenvalue weighted by Crippen LogP contribution is 2.19. The third-order valence-corrected chi connectivity index (χ3v) is 4.93. The number of carboxylic acids is 2. The normalized spacial score (nSPS) is 18.3. The van der Waals surface area contributed by atoms with Crippen LogP contribution in [0, 0.1) is 0 Å². The molecule has 0 saturated carbocycles. The van der Waals surface area contributed by atoms with Crippen LogP contribution in [0.2, 0.25) is 0 Å². The predicted molar refractivity (Wildman–Crippen MR) is 107 cm³/mol. The van der Waals surface area contributed by atoms with Gasteiger partial charge in [0.15, 0.2) is 0 Å². The summed E-state index contributed by atoms with van der Waals surface area (Å²) < 4.78 is 0. The molecule has 1 heterocycles. The van der Waals surface area contributed by atoms with Crippen molar-refractivity contribution in [1.82, 2.24) is 15.5 Å². The van der Waals surface area contributed by atoms with E-state index in [-0.39, 0.29) is 25.8 Å². The van der Waals surface area contributed by atoms with Gasteiger partial charge in [0.1, 0.15) is 24.2 Å². The molecule has 0 aliphatic carbocycles. The molecular formula is C18H29N5O9. The molecule has 0 aromatic heterocycles. The van der Waals surface area contributed by atoms with Gasteiger partial charge in [0.05, 0.1) is 6.61 Å². The summed E-state index contributed by atoms with van der Waals surface area (Å²) in [6.45, 7) is -0.390. The van der Waals surface area contributed by atoms with Gasteiger partial charge in [0, 0.05) is 19.4 Å². The Morgan fingerprint density at radius 3 is 2.16 bits per heavy atom. The molecule has 180 valence electrons. The minimum atomic E-state index is -1.53. The number of nitrogens with zero attached hydrogens (tertiary/aromatic N) is 1. The van der Waals surface area contributed by atoms with E-state index in [0.29, 0.717) is 6.42 Å². The maximum Gasteiger partial charge on any atom is 0.326 e. The number of aliphatic hydroxyl groups excluding tert-OH is 1. The third-order valence-electron chi connectivity index (χ3n) is 4.93. The van der Waals surface area contributed by atoms with Crippen LogP contribution in [0.25, 0.3) is 0 Å². The number of amides is 4. The second-order valence-corrected chi connectivity index (χ2v) is 7.38. The minimum absolute atomic E-state index is 0.221. The Morgan fingerprint density at radius 2 is 1.62 bits per heavy atom. The number of carboxylic acid groups (broad SMARTS) is 2. The van der Waals surface area contributed by atoms with Crippen LogP contribution < -0.4 is 22.1 Å². The van der Waals surface area contributed by atoms with Crippen LogP contribution >= 0.6 is 0 Å². The molecule has 4 amide bonds. The lowest BCUT2D eigenvalue weighted by atomic mass is 10.1. The van der Waals surface area contributed by atoms with Crippen molar-refractivity contribution in [3.63, 3.8) is 0 Å². The number of rotatable bonds is 13. The second kappa shape index (κ2) is 12.6. The minimum Gasteiger partial charge on any atom is -0.481 e. The van der Waals surface area contributed by atoms with Crippen molar-refractivity contribution in [2.45, 2.75) is 62.7 Å². The quantitative estimate of drug-likeness (QED) is 0.143. The molecular weight excluding hydrogens is 430 g/mol. The van der Waals surface area contributed by atoms with E-state index >= 15 is 0 Å². The molecule has 32 heavy (non-hydrogen) atoms. The van der Waals surface area contributed by atoms with E-state index in [1.165, 1.54) is 4.90 Å². The van der Waals surface area contributed by atoms with Gasteiger partial charge in [-0.05, 0) is 25.7 Å². The number of hydrogen-bond acceptors (Lipinski definition) is 8. The Balaban J connectivity index is 2.93. The van der Waals surface area contributed by atoms with Gasteiger partial charge in [-0.25, -0.2) is 4.79 Å². The average Bonchev–Trinajstić information content (AvgIpc) is 3.21. The lowest BCUT2D eigenvalue weighted by Gasteiger charge is -2.28. The van der Waals surface area contributed by atoms with Gasteiger partial charge in [0.2, 0.25) is 23.6 Å². The number of carbonyl (C=O) groups excluding carboxylic acids is 4. The summed E-state index contributed by atoms with van der Waals surface area (Å²) in [6, 6.07) is -5.06. The first-order valence-corrected chi connectivity index (χ1v) is 9.98. The van der Waals surface area contributed by atoms with Crippen molar-refractivity contribution in [1.29, 1.82) is 0 Å². The molecule has 1 aliphatic rings. The molecule has 0 spiro atoms. The SMILES string of the molecule is NC(=O)CCC(NC(=O)C1CCCN1C(=O)C(N)CO)C(=O)NC(CCC(=O)O)C(=O)O. The van der Waals surface area contributed by atoms with Crippen LogP contribution in [0.5, 0.6) is 0 Å². The fourth-order valence-corrected chi connectivity index (χ4v) is 3.21. The second-order valence-electron chi connectivity index (χ2n) is 7.38. The topological polar surface area (TPSA) is 242 Å². The van der Waals surface area contributed by atoms with E-state index in [0.717, 1.165) is 0 Å². The molecule has 0 aromatic carbocycles. The summed E-state index contributed by atoms with van der Waals surface area (Å²) in [5, 5.41) is 31.6. The molecule has 14 nitrogen and oxygen atoms in total. The van der Waals surface area contributed by atoms with Gasteiger partial charge in [-0.2, -0.15) is 0 Å². The number of aliphatic carboxylic acids is 2. The Kier molecular flexibility index (Phi) is 10.5. The van der Waals surface area contributed by atoms with Crippen LogP contribution in [0.4, 0.5) is 0 Å². The first-order chi connectivity index (χ1) is 15.0. The van der Waals surface area contributed by atoms with Gasteiger partial charge < -0.3 is 42.3 Å². The number of primary amides is 1. The van der Waals surface area contributed by atoms with E-state index in [1.807, 2.05) is 0 Å². The van der Waals surface area contributed by atoms with Gasteiger partial charge in [-0.15, -0.1) is 0 Å². The molecule has 1 aliphatic heterocycles. The molecule has 0 radical (unpaired) electrons. The van der Waals surface area contributed by atoms with Crippen molar-refractivity contribution >= 4 is 35.6 Å². The summed E-state index contributed by atoms with van der Waals surface area (Å²) in [5.74, 6) is -5.78. The number of nitrogens with two attached hydrogens (primary N) is 2. The zero-order valence-electron chi connectivity index (χ0n) is 17.4. The van der Waals surface area contributed by atoms with Crippen LogP contribution in [-0.4, -0.2) is 93.1 Å². The van der Waals surface area contributed by atoms with Gasteiger partial charge in [0.25, 0.3) is 0 Å². The van der Waals surface area contributed by atoms with Crippen LogP contribution in [0.1, 0.15) is 38.5 Å². The average molecular weight is 459 g/mol. The Bertz CT molecular complexity index is 744. The number of hydrogen-bond donors (Lipinski definition) is 7. The lowest BCUT2D eigenvalue weighted by molar-refractivity contribution is -0.144. The summed E-state index contributed by atoms with van der Waals surface area (Å²) >= 11 is 0. The van der Waals surface area contributed by atoms with Crippen LogP contribution in [0.15, 0.2) is 0 Å². The molecule has 9 N–H and O–H groups in total. The monoisotopic (exact) mass is 459 g/mol. The number of aliphatic hydroxyl groups is 1. The fourth-order valence-electron chi connectivity index (χ4n) is 3.21. The molecule has 0 bridgehead atoms. The van der Waals surface area contributed by atoms with Gasteiger partial charge in [-0.3, -0.25) is 24.0 Å². The maximum absolute atomic E-state index is 12.8. The fraction of sp³-hybridized carbons (Fsp3) is 0.667. The van der Waals surface area contributed by atoms with Gasteiger partial charge in [-0.1, -0.05) is 0 Å². The van der Waals surface area contributed by atoms with E-state index in [9.17, 15) is 33.9 Å². The summed E-state index contributed by atoms with van der Waals surface area (Å²) in [7, 11) is 0. The summed E-state index contributed by atoms with van der Waals surface area (Å²) in [5.41, 5.74) is 10.6. The molecule has 4 atom stereocenters. The van der Waals surface area contributed by atoms with Gasteiger partial charge >= 0.3 is 11.9 Å². The zero-order chi connectivity index (χ0) is 24.4. The summed E-state index contributed by atoms with van der Waals surface area (Å²) in [4.78, 5) is 72.0. The lowest BCUT2D eigenvalue weighted by Crippen LogP contribution is -2.57. The van der Waals surface area contributed by atoms with Crippen molar-refractivity contribution < 1.29 is 44.1 Å². The van der Waals surface area contributed by atoms with Crippen LogP contribution in [0.3, 0.4) is 0 Å². The van der Waals surface area contributed by atoms with E-state index < -0.39 is 79.2 Å². The predicted octanol–water partition coefficient (Wildman–Crippen LogP) is -3.52. The van der Waals surface area contributed by atoms with Crippen molar-refractivity contribution in [3.05, 3.63) is 0 Å². The molecule has 0 aromatic rings. The molecule has 1 saturated heterocycles. The zero-order valence-corrected chi connectivity index (χ0v) is 17.4. The highest BCUT2D eigenvalue weighted by Gasteiger charge is 2.37. The highest BCUT2D eigenvalue weighted by molar-refractivity contribution is 5.94. The summed E-state index contributed by atoms with van der Waals surface area (Å²) in [6.07, 6.45) is -0.688. The van der Waals surface area contributed by atoms with E-state index in [1.54, 1.807) is 0 Å². The highest BCUT2D eigenvalue weighted by atomic mass is 16.4. The first-order valence-electron chi connectivity index (χ1n) is 9.98. The molecule has 4 unspecified atom stereocenters. The molecule has 1 rings (SSSR count). The smallest absolute Gasteiger partial charge is 0.326 e. The maximum atomic E-state index is 12.8. The van der Waals surface area contributed by atoms with Crippen molar-refractivity contribution in [3.8, 4) is 0 Å². The number of carbonyl (C=O) groups is 6. The van der Waals surface area contributed by atoms with Crippen molar-refractivity contribution in [2.75, 3.05) is 13.2 Å². The third kappa shape index (κ3) is 8.11. The number of likely N-dealkylation sites (tertiary alicyclic amines) is 1. The van der Waals surface area contributed by atoms with E-state index in [2.05, 4.69) is 10.6 Å². The largest absolute Gasteiger partial charge is 0.481 e. The number of nitrogens with one attached hydrogen (secondary N) is 2. The van der Waals surface area contributed by atoms with E-state index in [4.69, 9.17) is 21.7 Å². The Hall–Kier alpha value is -3.26. The Labute approximate surface area is 183 Å². The molecule has 14 heteroatoms.